The highest BCUT2D eigenvalue weighted by Gasteiger charge is 2.41. The predicted molar refractivity (Wildman–Crippen MR) is 159 cm³/mol. The third-order valence-electron chi connectivity index (χ3n) is 7.87. The molecular formula is C32H29ClN4O5. The van der Waals surface area contributed by atoms with Crippen LogP contribution < -0.4 is 20.1 Å². The summed E-state index contributed by atoms with van der Waals surface area (Å²) in [6.45, 7) is 4.23. The number of carbonyl (C=O) groups is 1. The highest BCUT2D eigenvalue weighted by atomic mass is 35.5. The van der Waals surface area contributed by atoms with Crippen molar-refractivity contribution in [2.45, 2.75) is 45.6 Å². The van der Waals surface area contributed by atoms with E-state index in [-0.39, 0.29) is 34.5 Å². The first-order valence-corrected chi connectivity index (χ1v) is 13.8. The molecule has 1 aliphatic carbocycles. The van der Waals surface area contributed by atoms with E-state index in [1.54, 1.807) is 18.1 Å². The maximum absolute atomic E-state index is 13.5. The highest BCUT2D eigenvalue weighted by molar-refractivity contribution is 6.33. The molecule has 0 radical (unpaired) electrons. The topological polar surface area (TPSA) is 132 Å². The van der Waals surface area contributed by atoms with E-state index in [0.717, 1.165) is 22.4 Å². The van der Waals surface area contributed by atoms with E-state index in [1.807, 2.05) is 44.2 Å². The summed E-state index contributed by atoms with van der Waals surface area (Å²) >= 11 is 6.50. The highest BCUT2D eigenvalue weighted by Crippen LogP contribution is 2.48. The Morgan fingerprint density at radius 3 is 2.62 bits per heavy atom. The van der Waals surface area contributed by atoms with Gasteiger partial charge in [-0.3, -0.25) is 19.8 Å². The number of nitriles is 1. The zero-order chi connectivity index (χ0) is 30.1. The number of rotatable bonds is 7. The summed E-state index contributed by atoms with van der Waals surface area (Å²) < 4.78 is 11.8. The number of carbonyl (C=O) groups excluding carboxylic acids is 1. The number of nitro benzene ring substituents is 1. The summed E-state index contributed by atoms with van der Waals surface area (Å²) in [5.74, 6) is 0.685. The van der Waals surface area contributed by atoms with Crippen molar-refractivity contribution in [3.63, 3.8) is 0 Å². The Labute approximate surface area is 248 Å². The number of anilines is 1. The molecular weight excluding hydrogens is 556 g/mol. The largest absolute Gasteiger partial charge is 0.496 e. The first-order chi connectivity index (χ1) is 20.2. The molecule has 2 N–H and O–H groups in total. The van der Waals surface area contributed by atoms with Gasteiger partial charge in [0, 0.05) is 35.4 Å². The smallest absolute Gasteiger partial charge is 0.271 e. The number of halogens is 1. The van der Waals surface area contributed by atoms with Crippen molar-refractivity contribution < 1.29 is 19.2 Å². The van der Waals surface area contributed by atoms with Gasteiger partial charge in [0.15, 0.2) is 5.78 Å². The fraction of sp³-hybridized carbons (Fsp3) is 0.250. The van der Waals surface area contributed by atoms with Gasteiger partial charge in [0.2, 0.25) is 0 Å². The Bertz CT molecular complexity index is 1720. The van der Waals surface area contributed by atoms with Crippen molar-refractivity contribution in [2.75, 3.05) is 12.0 Å². The zero-order valence-electron chi connectivity index (χ0n) is 23.4. The van der Waals surface area contributed by atoms with Crippen molar-refractivity contribution in [2.24, 2.45) is 5.73 Å². The third-order valence-corrected chi connectivity index (χ3v) is 8.17. The monoisotopic (exact) mass is 584 g/mol. The second-order valence-electron chi connectivity index (χ2n) is 10.3. The van der Waals surface area contributed by atoms with E-state index >= 15 is 0 Å². The first kappa shape index (κ1) is 28.7. The van der Waals surface area contributed by atoms with Crippen LogP contribution in [0.2, 0.25) is 5.02 Å². The fourth-order valence-corrected chi connectivity index (χ4v) is 5.87. The number of benzene rings is 3. The molecule has 0 fully saturated rings. The molecule has 1 heterocycles. The Morgan fingerprint density at radius 1 is 1.14 bits per heavy atom. The fourth-order valence-electron chi connectivity index (χ4n) is 5.61. The van der Waals surface area contributed by atoms with Gasteiger partial charge in [-0.2, -0.15) is 5.26 Å². The van der Waals surface area contributed by atoms with Crippen LogP contribution in [-0.4, -0.2) is 17.8 Å². The minimum atomic E-state index is -0.712. The molecule has 0 bridgehead atoms. The number of nitrogens with zero attached hydrogens (tertiary/aromatic N) is 3. The van der Waals surface area contributed by atoms with Gasteiger partial charge in [0.05, 0.1) is 40.3 Å². The van der Waals surface area contributed by atoms with Crippen LogP contribution in [0.3, 0.4) is 0 Å². The van der Waals surface area contributed by atoms with Crippen LogP contribution in [-0.2, 0) is 11.4 Å². The molecule has 2 aliphatic rings. The van der Waals surface area contributed by atoms with Crippen LogP contribution in [0.5, 0.6) is 11.5 Å². The van der Waals surface area contributed by atoms with Gasteiger partial charge < -0.3 is 15.2 Å². The Kier molecular flexibility index (Phi) is 7.92. The van der Waals surface area contributed by atoms with Crippen molar-refractivity contribution >= 4 is 28.8 Å². The number of ketones is 1. The number of non-ortho nitro benzene ring substituents is 1. The van der Waals surface area contributed by atoms with Gasteiger partial charge in [0.1, 0.15) is 23.9 Å². The molecule has 0 aromatic heterocycles. The zero-order valence-corrected chi connectivity index (χ0v) is 24.2. The van der Waals surface area contributed by atoms with Crippen molar-refractivity contribution in [3.8, 4) is 17.6 Å². The van der Waals surface area contributed by atoms with Crippen molar-refractivity contribution in [3.05, 3.63) is 115 Å². The van der Waals surface area contributed by atoms with Gasteiger partial charge in [-0.05, 0) is 67.6 Å². The van der Waals surface area contributed by atoms with Gasteiger partial charge >= 0.3 is 0 Å². The number of hydrogen-bond donors (Lipinski definition) is 1. The number of ether oxygens (including phenoxy) is 2. The van der Waals surface area contributed by atoms with Crippen LogP contribution >= 0.6 is 11.6 Å². The van der Waals surface area contributed by atoms with E-state index in [2.05, 4.69) is 6.07 Å². The average Bonchev–Trinajstić information content (AvgIpc) is 2.97. The average molecular weight is 585 g/mol. The summed E-state index contributed by atoms with van der Waals surface area (Å²) in [4.78, 5) is 25.9. The molecule has 214 valence electrons. The molecule has 0 saturated heterocycles. The van der Waals surface area contributed by atoms with Crippen LogP contribution in [0.15, 0.2) is 77.3 Å². The lowest BCUT2D eigenvalue weighted by atomic mass is 9.75. The van der Waals surface area contributed by atoms with E-state index in [0.29, 0.717) is 47.5 Å². The Balaban J connectivity index is 1.62. The molecule has 0 amide bonds. The molecule has 3 aromatic rings. The van der Waals surface area contributed by atoms with Crippen molar-refractivity contribution in [1.82, 2.24) is 0 Å². The standard InChI is InChI=1S/C32H29ClN4O5/c1-18-6-4-9-28(19(18)2)42-17-21-14-20(10-13-29(21)41-3)30-23(16-34)32(35)36(26-7-5-8-27(38)31(26)30)25-12-11-22(37(39)40)15-24(25)33/h4,6,9-15,30H,5,7-8,17,35H2,1-3H3. The quantitative estimate of drug-likeness (QED) is 0.238. The maximum Gasteiger partial charge on any atom is 0.271 e. The molecule has 10 heteroatoms. The normalized spacial score (nSPS) is 16.7. The lowest BCUT2D eigenvalue weighted by Gasteiger charge is -2.40. The summed E-state index contributed by atoms with van der Waals surface area (Å²) in [6, 6.07) is 17.7. The molecule has 42 heavy (non-hydrogen) atoms. The minimum Gasteiger partial charge on any atom is -0.496 e. The molecule has 5 rings (SSSR count). The maximum atomic E-state index is 13.5. The molecule has 1 aliphatic heterocycles. The van der Waals surface area contributed by atoms with Gasteiger partial charge in [0.25, 0.3) is 5.69 Å². The second-order valence-corrected chi connectivity index (χ2v) is 10.7. The van der Waals surface area contributed by atoms with Gasteiger partial charge in [-0.25, -0.2) is 0 Å². The summed E-state index contributed by atoms with van der Waals surface area (Å²) in [6.07, 6.45) is 1.44. The number of allylic oxidation sites excluding steroid dienone is 3. The minimum absolute atomic E-state index is 0.0862. The molecule has 1 unspecified atom stereocenters. The van der Waals surface area contributed by atoms with Crippen LogP contribution in [0.4, 0.5) is 11.4 Å². The number of nitro groups is 1. The first-order valence-electron chi connectivity index (χ1n) is 13.4. The lowest BCUT2D eigenvalue weighted by Crippen LogP contribution is -2.38. The third kappa shape index (κ3) is 5.06. The number of methoxy groups -OCH3 is 1. The number of aryl methyl sites for hydroxylation is 1. The number of Topliss-reactive ketones (excluding diaryl/α,β-unsaturated/α-hetero) is 1. The molecule has 1 atom stereocenters. The van der Waals surface area contributed by atoms with Crippen LogP contribution in [0.1, 0.15) is 47.4 Å². The number of nitrogens with two attached hydrogens (primary N) is 1. The van der Waals surface area contributed by atoms with E-state index < -0.39 is 10.8 Å². The number of hydrogen-bond acceptors (Lipinski definition) is 8. The predicted octanol–water partition coefficient (Wildman–Crippen LogP) is 6.76. The van der Waals surface area contributed by atoms with Crippen molar-refractivity contribution in [1.29, 1.82) is 5.26 Å². The summed E-state index contributed by atoms with van der Waals surface area (Å²) in [5, 5.41) is 21.8. The van der Waals surface area contributed by atoms with Crippen LogP contribution in [0, 0.1) is 35.3 Å². The summed E-state index contributed by atoms with van der Waals surface area (Å²) in [5.41, 5.74) is 11.7. The van der Waals surface area contributed by atoms with E-state index in [9.17, 15) is 20.2 Å². The summed E-state index contributed by atoms with van der Waals surface area (Å²) in [7, 11) is 1.58. The SMILES string of the molecule is COc1ccc(C2C(C#N)=C(N)N(c3ccc([N+](=O)[O-])cc3Cl)C3=C2C(=O)CCC3)cc1COc1cccc(C)c1C. The van der Waals surface area contributed by atoms with E-state index in [1.165, 1.54) is 18.2 Å². The second kappa shape index (κ2) is 11.6. The lowest BCUT2D eigenvalue weighted by molar-refractivity contribution is -0.384. The molecule has 0 spiro atoms. The molecule has 9 nitrogen and oxygen atoms in total. The van der Waals surface area contributed by atoms with Gasteiger partial charge in [-0.1, -0.05) is 29.8 Å². The van der Waals surface area contributed by atoms with E-state index in [4.69, 9.17) is 26.8 Å². The van der Waals surface area contributed by atoms with Crippen LogP contribution in [0.25, 0.3) is 0 Å². The Hall–Kier alpha value is -4.81. The molecule has 0 saturated carbocycles. The Morgan fingerprint density at radius 2 is 1.93 bits per heavy atom. The molecule has 3 aromatic carbocycles. The van der Waals surface area contributed by atoms with Gasteiger partial charge in [-0.15, -0.1) is 0 Å².